The molecule has 1 aliphatic heterocycles. The molecular formula is C15H15F3O5. The Morgan fingerprint density at radius 3 is 2.61 bits per heavy atom. The fraction of sp³-hybridized carbons (Fsp3) is 0.467. The lowest BCUT2D eigenvalue weighted by atomic mass is 10.1. The van der Waals surface area contributed by atoms with Crippen LogP contribution < -0.4 is 9.47 Å². The highest BCUT2D eigenvalue weighted by Crippen LogP contribution is 2.31. The van der Waals surface area contributed by atoms with Crippen molar-refractivity contribution in [2.24, 2.45) is 0 Å². The van der Waals surface area contributed by atoms with Crippen molar-refractivity contribution in [3.05, 3.63) is 23.8 Å². The first kappa shape index (κ1) is 17.3. The Labute approximate surface area is 130 Å². The summed E-state index contributed by atoms with van der Waals surface area (Å²) in [5, 5.41) is 0. The summed E-state index contributed by atoms with van der Waals surface area (Å²) < 4.78 is 52.6. The van der Waals surface area contributed by atoms with E-state index < -0.39 is 24.2 Å². The van der Waals surface area contributed by atoms with E-state index in [0.29, 0.717) is 25.4 Å². The number of halogens is 3. The summed E-state index contributed by atoms with van der Waals surface area (Å²) in [5.74, 6) is -2.43. The maximum absolute atomic E-state index is 12.2. The van der Waals surface area contributed by atoms with Crippen molar-refractivity contribution in [2.75, 3.05) is 20.3 Å². The van der Waals surface area contributed by atoms with E-state index in [1.165, 1.54) is 25.3 Å². The number of alkyl halides is 3. The molecule has 0 amide bonds. The highest BCUT2D eigenvalue weighted by Gasteiger charge is 2.39. The first-order chi connectivity index (χ1) is 10.8. The minimum absolute atomic E-state index is 0.0442. The summed E-state index contributed by atoms with van der Waals surface area (Å²) in [7, 11) is 1.40. The van der Waals surface area contributed by atoms with Crippen molar-refractivity contribution in [3.63, 3.8) is 0 Å². The molecule has 1 atom stereocenters. The number of methoxy groups -OCH3 is 1. The predicted molar refractivity (Wildman–Crippen MR) is 72.9 cm³/mol. The Morgan fingerprint density at radius 2 is 2.04 bits per heavy atom. The highest BCUT2D eigenvalue weighted by molar-refractivity contribution is 6.09. The van der Waals surface area contributed by atoms with Crippen LogP contribution in [0.3, 0.4) is 0 Å². The van der Waals surface area contributed by atoms with Crippen LogP contribution in [0.25, 0.3) is 0 Å². The lowest BCUT2D eigenvalue weighted by molar-refractivity contribution is -0.170. The van der Waals surface area contributed by atoms with Crippen LogP contribution in [0, 0.1) is 0 Å². The molecule has 1 aromatic carbocycles. The average molecular weight is 332 g/mol. The average Bonchev–Trinajstić information content (AvgIpc) is 2.99. The summed E-state index contributed by atoms with van der Waals surface area (Å²) in [4.78, 5) is 22.8. The lowest BCUT2D eigenvalue weighted by Crippen LogP contribution is -2.25. The van der Waals surface area contributed by atoms with Gasteiger partial charge in [-0.1, -0.05) is 0 Å². The fourth-order valence-corrected chi connectivity index (χ4v) is 2.08. The molecule has 0 aromatic heterocycles. The summed E-state index contributed by atoms with van der Waals surface area (Å²) in [6, 6.07) is 3.99. The molecule has 1 saturated heterocycles. The van der Waals surface area contributed by atoms with Gasteiger partial charge in [-0.25, -0.2) is 0 Å². The summed E-state index contributed by atoms with van der Waals surface area (Å²) in [6.45, 7) is 0.930. The molecule has 0 spiro atoms. The second kappa shape index (κ2) is 6.99. The van der Waals surface area contributed by atoms with E-state index in [9.17, 15) is 22.8 Å². The number of rotatable bonds is 6. The van der Waals surface area contributed by atoms with Crippen LogP contribution in [0.4, 0.5) is 13.2 Å². The zero-order valence-electron chi connectivity index (χ0n) is 12.3. The Balaban J connectivity index is 2.15. The van der Waals surface area contributed by atoms with Gasteiger partial charge in [0, 0.05) is 12.0 Å². The van der Waals surface area contributed by atoms with Crippen molar-refractivity contribution >= 4 is 11.6 Å². The van der Waals surface area contributed by atoms with E-state index in [1.807, 2.05) is 0 Å². The van der Waals surface area contributed by atoms with Crippen molar-refractivity contribution in [1.82, 2.24) is 0 Å². The molecule has 126 valence electrons. The number of ether oxygens (including phenoxy) is 3. The third-order valence-corrected chi connectivity index (χ3v) is 3.30. The van der Waals surface area contributed by atoms with Crippen molar-refractivity contribution < 1.29 is 37.0 Å². The Morgan fingerprint density at radius 1 is 1.30 bits per heavy atom. The largest absolute Gasteiger partial charge is 0.493 e. The van der Waals surface area contributed by atoms with E-state index in [4.69, 9.17) is 14.2 Å². The van der Waals surface area contributed by atoms with Crippen LogP contribution in [0.1, 0.15) is 23.2 Å². The van der Waals surface area contributed by atoms with Crippen LogP contribution >= 0.6 is 0 Å². The molecule has 1 aliphatic rings. The first-order valence-electron chi connectivity index (χ1n) is 6.87. The number of ketones is 2. The van der Waals surface area contributed by atoms with Gasteiger partial charge in [-0.05, 0) is 18.2 Å². The molecule has 0 unspecified atom stereocenters. The number of hydrogen-bond donors (Lipinski definition) is 0. The van der Waals surface area contributed by atoms with Gasteiger partial charge in [-0.15, -0.1) is 0 Å². The van der Waals surface area contributed by atoms with Crippen LogP contribution in [0.15, 0.2) is 18.2 Å². The zero-order chi connectivity index (χ0) is 17.0. The van der Waals surface area contributed by atoms with E-state index in [2.05, 4.69) is 0 Å². The van der Waals surface area contributed by atoms with Gasteiger partial charge in [0.05, 0.1) is 26.7 Å². The highest BCUT2D eigenvalue weighted by atomic mass is 19.4. The van der Waals surface area contributed by atoms with Crippen LogP contribution in [-0.4, -0.2) is 44.2 Å². The Kier molecular flexibility index (Phi) is 5.25. The van der Waals surface area contributed by atoms with E-state index >= 15 is 0 Å². The molecule has 0 N–H and O–H groups in total. The zero-order valence-corrected chi connectivity index (χ0v) is 12.3. The van der Waals surface area contributed by atoms with Gasteiger partial charge >= 0.3 is 6.18 Å². The third-order valence-electron chi connectivity index (χ3n) is 3.30. The number of benzene rings is 1. The van der Waals surface area contributed by atoms with Gasteiger partial charge in [0.2, 0.25) is 5.78 Å². The van der Waals surface area contributed by atoms with Crippen molar-refractivity contribution in [2.45, 2.75) is 25.1 Å². The van der Waals surface area contributed by atoms with Gasteiger partial charge in [0.25, 0.3) is 0 Å². The maximum Gasteiger partial charge on any atom is 0.450 e. The number of carbonyl (C=O) groups is 2. The number of hydrogen-bond acceptors (Lipinski definition) is 5. The summed E-state index contributed by atoms with van der Waals surface area (Å²) >= 11 is 0. The number of Topliss-reactive ketones (excluding diaryl/α,β-unsaturated/α-hetero) is 2. The van der Waals surface area contributed by atoms with Crippen LogP contribution in [-0.2, 0) is 9.53 Å². The molecule has 1 heterocycles. The van der Waals surface area contributed by atoms with E-state index in [0.717, 1.165) is 0 Å². The molecular weight excluding hydrogens is 317 g/mol. The van der Waals surface area contributed by atoms with Gasteiger partial charge in [0.1, 0.15) is 6.10 Å². The van der Waals surface area contributed by atoms with Crippen molar-refractivity contribution in [3.8, 4) is 11.5 Å². The van der Waals surface area contributed by atoms with Crippen LogP contribution in [0.5, 0.6) is 11.5 Å². The topological polar surface area (TPSA) is 61.8 Å². The monoisotopic (exact) mass is 332 g/mol. The van der Waals surface area contributed by atoms with Gasteiger partial charge in [-0.2, -0.15) is 13.2 Å². The molecule has 2 rings (SSSR count). The molecule has 23 heavy (non-hydrogen) atoms. The quantitative estimate of drug-likeness (QED) is 0.592. The molecule has 8 heteroatoms. The second-order valence-electron chi connectivity index (χ2n) is 4.99. The third kappa shape index (κ3) is 4.44. The summed E-state index contributed by atoms with van der Waals surface area (Å²) in [6.07, 6.45) is -5.82. The summed E-state index contributed by atoms with van der Waals surface area (Å²) in [5.41, 5.74) is -0.0442. The molecule has 0 radical (unpaired) electrons. The normalized spacial score (nSPS) is 17.8. The molecule has 1 aromatic rings. The SMILES string of the molecule is COc1ccc(C(=O)CC(=O)C(F)(F)F)cc1O[C@@H]1CCOC1. The minimum Gasteiger partial charge on any atom is -0.493 e. The lowest BCUT2D eigenvalue weighted by Gasteiger charge is -2.15. The standard InChI is InChI=1S/C15H15F3O5/c1-21-12-3-2-9(11(19)7-14(20)15(16,17)18)6-13(12)23-10-4-5-22-8-10/h2-3,6,10H,4-5,7-8H2,1H3/t10-/m1/s1. The maximum atomic E-state index is 12.2. The van der Waals surface area contributed by atoms with Gasteiger partial charge < -0.3 is 14.2 Å². The molecule has 5 nitrogen and oxygen atoms in total. The number of carbonyl (C=O) groups excluding carboxylic acids is 2. The Bertz CT molecular complexity index is 591. The van der Waals surface area contributed by atoms with Gasteiger partial charge in [-0.3, -0.25) is 9.59 Å². The molecule has 0 bridgehead atoms. The van der Waals surface area contributed by atoms with E-state index in [-0.39, 0.29) is 17.4 Å². The smallest absolute Gasteiger partial charge is 0.450 e. The minimum atomic E-state index is -5.03. The van der Waals surface area contributed by atoms with E-state index in [1.54, 1.807) is 0 Å². The Hall–Kier alpha value is -2.09. The molecule has 0 aliphatic carbocycles. The van der Waals surface area contributed by atoms with Gasteiger partial charge in [0.15, 0.2) is 17.3 Å². The molecule has 0 saturated carbocycles. The fourth-order valence-electron chi connectivity index (χ4n) is 2.08. The van der Waals surface area contributed by atoms with Crippen LogP contribution in [0.2, 0.25) is 0 Å². The predicted octanol–water partition coefficient (Wildman–Crippen LogP) is 2.57. The first-order valence-corrected chi connectivity index (χ1v) is 6.87. The van der Waals surface area contributed by atoms with Crippen molar-refractivity contribution in [1.29, 1.82) is 0 Å². The second-order valence-corrected chi connectivity index (χ2v) is 4.99. The molecule has 1 fully saturated rings.